The van der Waals surface area contributed by atoms with Gasteiger partial charge < -0.3 is 11.2 Å². The van der Waals surface area contributed by atoms with Gasteiger partial charge in [0.1, 0.15) is 12.1 Å². The molecular formula is C13H16ClN5O2. The second kappa shape index (κ2) is 6.47. The molecule has 3 rings (SSSR count). The van der Waals surface area contributed by atoms with Crippen LogP contribution >= 0.6 is 12.4 Å². The van der Waals surface area contributed by atoms with E-state index in [1.807, 2.05) is 25.1 Å². The normalized spacial score (nSPS) is 17.3. The van der Waals surface area contributed by atoms with Gasteiger partial charge in [0.15, 0.2) is 0 Å². The van der Waals surface area contributed by atoms with Crippen molar-refractivity contribution in [3.05, 3.63) is 30.1 Å². The van der Waals surface area contributed by atoms with Gasteiger partial charge in [-0.2, -0.15) is 5.10 Å². The van der Waals surface area contributed by atoms with Crippen molar-refractivity contribution in [1.82, 2.24) is 15.4 Å². The number of fused-ring (bicyclic) bond motifs is 1. The summed E-state index contributed by atoms with van der Waals surface area (Å²) >= 11 is 0. The highest BCUT2D eigenvalue weighted by molar-refractivity contribution is 6.07. The Hall–Kier alpha value is -2.25. The SMILES string of the molecule is CC1CC(=O)NN=C1c1ccc2c(N)ncnc2c1.Cl.O. The van der Waals surface area contributed by atoms with Crippen molar-refractivity contribution in [2.75, 3.05) is 5.73 Å². The van der Waals surface area contributed by atoms with Crippen molar-refractivity contribution in [3.63, 3.8) is 0 Å². The number of carbonyl (C=O) groups excluding carboxylic acids is 1. The molecular weight excluding hydrogens is 294 g/mol. The standard InChI is InChI=1S/C13H13N5O.ClH.H2O/c1-7-4-11(19)17-18-12(7)8-2-3-9-10(5-8)15-6-16-13(9)14;;/h2-3,5-7H,4H2,1H3,(H,17,19)(H2,14,15,16);1H;1H2. The maximum atomic E-state index is 11.3. The molecule has 21 heavy (non-hydrogen) atoms. The Morgan fingerprint density at radius 2 is 2.10 bits per heavy atom. The molecule has 0 spiro atoms. The number of nitrogens with two attached hydrogens (primary N) is 1. The molecule has 1 unspecified atom stereocenters. The number of rotatable bonds is 1. The lowest BCUT2D eigenvalue weighted by atomic mass is 9.93. The summed E-state index contributed by atoms with van der Waals surface area (Å²) in [6.45, 7) is 1.98. The molecule has 0 fully saturated rings. The van der Waals surface area contributed by atoms with E-state index in [0.29, 0.717) is 12.2 Å². The largest absolute Gasteiger partial charge is 0.412 e. The van der Waals surface area contributed by atoms with Gasteiger partial charge in [0, 0.05) is 23.3 Å². The number of nitrogen functional groups attached to an aromatic ring is 1. The lowest BCUT2D eigenvalue weighted by Gasteiger charge is -2.19. The third kappa shape index (κ3) is 3.09. The lowest BCUT2D eigenvalue weighted by molar-refractivity contribution is -0.121. The number of hydrogen-bond donors (Lipinski definition) is 2. The Kier molecular flexibility index (Phi) is 5.17. The number of benzene rings is 1. The van der Waals surface area contributed by atoms with Gasteiger partial charge in [0.2, 0.25) is 5.91 Å². The van der Waals surface area contributed by atoms with Crippen LogP contribution in [0.2, 0.25) is 0 Å². The molecule has 0 radical (unpaired) electrons. The highest BCUT2D eigenvalue weighted by atomic mass is 35.5. The molecule has 7 nitrogen and oxygen atoms in total. The van der Waals surface area contributed by atoms with E-state index in [1.54, 1.807) is 0 Å². The van der Waals surface area contributed by atoms with E-state index in [4.69, 9.17) is 5.73 Å². The summed E-state index contributed by atoms with van der Waals surface area (Å²) in [5.41, 5.74) is 10.9. The van der Waals surface area contributed by atoms with Crippen LogP contribution < -0.4 is 11.2 Å². The molecule has 0 bridgehead atoms. The molecule has 0 saturated heterocycles. The molecule has 0 aliphatic carbocycles. The Balaban J connectivity index is 0.00000110. The Labute approximate surface area is 127 Å². The number of hydrazone groups is 1. The van der Waals surface area contributed by atoms with Crippen LogP contribution in [0.25, 0.3) is 10.9 Å². The van der Waals surface area contributed by atoms with E-state index in [9.17, 15) is 4.79 Å². The molecule has 2 aromatic rings. The molecule has 112 valence electrons. The van der Waals surface area contributed by atoms with Gasteiger partial charge in [-0.25, -0.2) is 15.4 Å². The van der Waals surface area contributed by atoms with E-state index in [0.717, 1.165) is 22.2 Å². The number of nitrogens with zero attached hydrogens (tertiary/aromatic N) is 3. The minimum atomic E-state index is -0.0522. The van der Waals surface area contributed by atoms with E-state index in [1.165, 1.54) is 6.33 Å². The van der Waals surface area contributed by atoms with E-state index < -0.39 is 0 Å². The van der Waals surface area contributed by atoms with Crippen LogP contribution in [0.15, 0.2) is 29.6 Å². The third-order valence-electron chi connectivity index (χ3n) is 3.22. The molecule has 1 aromatic heterocycles. The van der Waals surface area contributed by atoms with Crippen molar-refractivity contribution >= 4 is 40.7 Å². The molecule has 8 heteroatoms. The predicted molar refractivity (Wildman–Crippen MR) is 83.3 cm³/mol. The average Bonchev–Trinajstić information content (AvgIpc) is 2.38. The fourth-order valence-electron chi connectivity index (χ4n) is 2.24. The fraction of sp³-hybridized carbons (Fsp3) is 0.231. The van der Waals surface area contributed by atoms with Crippen molar-refractivity contribution in [2.45, 2.75) is 13.3 Å². The number of hydrogen-bond acceptors (Lipinski definition) is 5. The molecule has 2 heterocycles. The first-order chi connectivity index (χ1) is 9.15. The highest BCUT2D eigenvalue weighted by Gasteiger charge is 2.21. The summed E-state index contributed by atoms with van der Waals surface area (Å²) in [7, 11) is 0. The van der Waals surface area contributed by atoms with E-state index in [2.05, 4.69) is 20.5 Å². The van der Waals surface area contributed by atoms with Crippen LogP contribution in [-0.4, -0.2) is 27.1 Å². The van der Waals surface area contributed by atoms with Gasteiger partial charge in [-0.15, -0.1) is 12.4 Å². The molecule has 1 atom stereocenters. The predicted octanol–water partition coefficient (Wildman–Crippen LogP) is 0.669. The monoisotopic (exact) mass is 309 g/mol. The topological polar surface area (TPSA) is 125 Å². The van der Waals surface area contributed by atoms with Crippen LogP contribution in [0.1, 0.15) is 18.9 Å². The number of halogens is 1. The van der Waals surface area contributed by atoms with Crippen LogP contribution in [0.4, 0.5) is 5.82 Å². The van der Waals surface area contributed by atoms with Crippen molar-refractivity contribution in [2.24, 2.45) is 11.0 Å². The average molecular weight is 310 g/mol. The first-order valence-electron chi connectivity index (χ1n) is 6.02. The molecule has 1 aliphatic rings. The second-order valence-electron chi connectivity index (χ2n) is 4.63. The minimum absolute atomic E-state index is 0. The van der Waals surface area contributed by atoms with Gasteiger partial charge in [0.25, 0.3) is 0 Å². The summed E-state index contributed by atoms with van der Waals surface area (Å²) in [4.78, 5) is 19.4. The van der Waals surface area contributed by atoms with Crippen LogP contribution in [0, 0.1) is 5.92 Å². The number of aromatic nitrogens is 2. The molecule has 1 amide bonds. The highest BCUT2D eigenvalue weighted by Crippen LogP contribution is 2.22. The zero-order valence-electron chi connectivity index (χ0n) is 11.3. The third-order valence-corrected chi connectivity index (χ3v) is 3.22. The first-order valence-corrected chi connectivity index (χ1v) is 6.02. The summed E-state index contributed by atoms with van der Waals surface area (Å²) in [6, 6.07) is 5.72. The van der Waals surface area contributed by atoms with Crippen molar-refractivity contribution in [1.29, 1.82) is 0 Å². The Bertz CT molecular complexity index is 704. The smallest absolute Gasteiger partial charge is 0.240 e. The Morgan fingerprint density at radius 1 is 1.33 bits per heavy atom. The molecule has 1 aliphatic heterocycles. The lowest BCUT2D eigenvalue weighted by Crippen LogP contribution is -2.31. The molecule has 5 N–H and O–H groups in total. The zero-order chi connectivity index (χ0) is 13.4. The van der Waals surface area contributed by atoms with Crippen LogP contribution in [-0.2, 0) is 4.79 Å². The van der Waals surface area contributed by atoms with Gasteiger partial charge in [-0.1, -0.05) is 13.0 Å². The van der Waals surface area contributed by atoms with Gasteiger partial charge in [-0.05, 0) is 12.1 Å². The van der Waals surface area contributed by atoms with Crippen LogP contribution in [0.5, 0.6) is 0 Å². The quantitative estimate of drug-likeness (QED) is 0.803. The van der Waals surface area contributed by atoms with E-state index in [-0.39, 0.29) is 29.7 Å². The molecule has 1 aromatic carbocycles. The maximum absolute atomic E-state index is 11.3. The summed E-state index contributed by atoms with van der Waals surface area (Å²) in [5.74, 6) is 0.498. The number of carbonyl (C=O) groups is 1. The first kappa shape index (κ1) is 16.8. The molecule has 0 saturated carbocycles. The maximum Gasteiger partial charge on any atom is 0.240 e. The second-order valence-corrected chi connectivity index (χ2v) is 4.63. The van der Waals surface area contributed by atoms with E-state index >= 15 is 0 Å². The fourth-order valence-corrected chi connectivity index (χ4v) is 2.24. The van der Waals surface area contributed by atoms with Gasteiger partial charge in [-0.3, -0.25) is 4.79 Å². The number of nitrogens with one attached hydrogen (secondary N) is 1. The number of amides is 1. The number of anilines is 1. The van der Waals surface area contributed by atoms with Gasteiger partial charge in [0.05, 0.1) is 11.2 Å². The summed E-state index contributed by atoms with van der Waals surface area (Å²) < 4.78 is 0. The minimum Gasteiger partial charge on any atom is -0.412 e. The van der Waals surface area contributed by atoms with Gasteiger partial charge >= 0.3 is 0 Å². The summed E-state index contributed by atoms with van der Waals surface area (Å²) in [6.07, 6.45) is 1.89. The van der Waals surface area contributed by atoms with Crippen molar-refractivity contribution in [3.8, 4) is 0 Å². The van der Waals surface area contributed by atoms with Crippen molar-refractivity contribution < 1.29 is 10.3 Å². The summed E-state index contributed by atoms with van der Waals surface area (Å²) in [5, 5.41) is 4.95. The zero-order valence-corrected chi connectivity index (χ0v) is 12.1. The van der Waals surface area contributed by atoms with Crippen LogP contribution in [0.3, 0.4) is 0 Å². The Morgan fingerprint density at radius 3 is 2.81 bits per heavy atom.